The molecule has 0 spiro atoms. The number of rotatable bonds is 29. The van der Waals surface area contributed by atoms with Crippen molar-refractivity contribution in [1.82, 2.24) is 0 Å². The molecule has 0 aliphatic rings. The molecule has 1 aromatic carbocycles. The van der Waals surface area contributed by atoms with Gasteiger partial charge in [-0.3, -0.25) is 14.4 Å². The molecule has 0 aliphatic carbocycles. The zero-order valence-electron chi connectivity index (χ0n) is 25.4. The maximum atomic E-state index is 13.5. The highest BCUT2D eigenvalue weighted by atomic mass is 19.2. The van der Waals surface area contributed by atoms with Crippen LogP contribution in [0, 0.1) is 29.1 Å². The summed E-state index contributed by atoms with van der Waals surface area (Å²) >= 11 is 0. The number of ketones is 1. The Balaban J connectivity index is 1.81. The molecule has 1 rings (SSSR count). The molecular formula is C28H37F5O14. The lowest BCUT2D eigenvalue weighted by atomic mass is 10.2. The number of carboxylic acids is 1. The molecule has 0 bridgehead atoms. The van der Waals surface area contributed by atoms with Gasteiger partial charge < -0.3 is 47.7 Å². The lowest BCUT2D eigenvalue weighted by Crippen LogP contribution is -2.17. The second kappa shape index (κ2) is 25.7. The summed E-state index contributed by atoms with van der Waals surface area (Å²) in [6, 6.07) is 0. The zero-order chi connectivity index (χ0) is 34.9. The van der Waals surface area contributed by atoms with Gasteiger partial charge >= 0.3 is 17.9 Å². The summed E-state index contributed by atoms with van der Waals surface area (Å²) in [6.45, 7) is 3.15. The van der Waals surface area contributed by atoms with Crippen LogP contribution in [0.2, 0.25) is 0 Å². The molecule has 47 heavy (non-hydrogen) atoms. The number of halogens is 5. The minimum atomic E-state index is -2.36. The molecule has 0 aliphatic heterocycles. The Bertz CT molecular complexity index is 1080. The van der Waals surface area contributed by atoms with E-state index >= 15 is 0 Å². The van der Waals surface area contributed by atoms with E-state index in [1.54, 1.807) is 0 Å². The fourth-order valence-electron chi connectivity index (χ4n) is 3.03. The number of carbonyl (C=O) groups excluding carboxylic acids is 3. The molecule has 0 aromatic heterocycles. The molecule has 0 fully saturated rings. The molecule has 14 nitrogen and oxygen atoms in total. The topological polar surface area (TPSA) is 172 Å². The summed E-state index contributed by atoms with van der Waals surface area (Å²) in [5, 5.41) is 8.42. The van der Waals surface area contributed by atoms with Gasteiger partial charge in [0.25, 0.3) is 0 Å². The maximum absolute atomic E-state index is 13.5. The SMILES string of the molecule is O=C(CCC(=O)C(=O)O)OCCOCCOCCOCCOCCOCCOCCOCCC(=O)Oc1c(F)c(F)c(F)c(F)c1F. The van der Waals surface area contributed by atoms with E-state index in [2.05, 4.69) is 4.74 Å². The van der Waals surface area contributed by atoms with E-state index in [0.29, 0.717) is 46.2 Å². The summed E-state index contributed by atoms with van der Waals surface area (Å²) in [7, 11) is 0. The quantitative estimate of drug-likeness (QED) is 0.0245. The summed E-state index contributed by atoms with van der Waals surface area (Å²) in [6.07, 6.45) is -1.23. The molecular weight excluding hydrogens is 655 g/mol. The van der Waals surface area contributed by atoms with Gasteiger partial charge in [-0.1, -0.05) is 0 Å². The van der Waals surface area contributed by atoms with Crippen LogP contribution in [0.15, 0.2) is 0 Å². The van der Waals surface area contributed by atoms with Crippen LogP contribution >= 0.6 is 0 Å². The second-order valence-electron chi connectivity index (χ2n) is 8.86. The average molecular weight is 693 g/mol. The van der Waals surface area contributed by atoms with E-state index < -0.39 is 71.4 Å². The maximum Gasteiger partial charge on any atom is 0.372 e. The van der Waals surface area contributed by atoms with Crippen LogP contribution in [0.4, 0.5) is 22.0 Å². The summed E-state index contributed by atoms with van der Waals surface area (Å²) in [4.78, 5) is 44.2. The summed E-state index contributed by atoms with van der Waals surface area (Å²) < 4.78 is 112. The van der Waals surface area contributed by atoms with Crippen molar-refractivity contribution in [2.24, 2.45) is 0 Å². The largest absolute Gasteiger partial charge is 0.476 e. The fraction of sp³-hybridized carbons (Fsp3) is 0.643. The number of aliphatic carboxylic acids is 1. The molecule has 1 aromatic rings. The monoisotopic (exact) mass is 692 g/mol. The number of hydrogen-bond donors (Lipinski definition) is 1. The van der Waals surface area contributed by atoms with Gasteiger partial charge in [-0.2, -0.15) is 8.78 Å². The average Bonchev–Trinajstić information content (AvgIpc) is 3.05. The molecule has 0 saturated heterocycles. The van der Waals surface area contributed by atoms with Gasteiger partial charge in [-0.05, 0) is 0 Å². The van der Waals surface area contributed by atoms with Gasteiger partial charge in [0.1, 0.15) is 6.61 Å². The summed E-state index contributed by atoms with van der Waals surface area (Å²) in [5.74, 6) is -17.6. The molecule has 0 unspecified atom stereocenters. The standard InChI is InChI=1S/C28H37F5O14/c29-22-23(30)25(32)27(26(33)24(22)31)47-21(36)3-4-39-5-6-40-7-8-41-9-10-42-11-12-43-13-14-44-15-16-45-17-18-46-20(35)2-1-19(34)28(37)38/h1-18H2,(H,37,38). The van der Waals surface area contributed by atoms with Gasteiger partial charge in [0.2, 0.25) is 40.6 Å². The first-order chi connectivity index (χ1) is 22.6. The van der Waals surface area contributed by atoms with Crippen LogP contribution in [0.3, 0.4) is 0 Å². The van der Waals surface area contributed by atoms with Crippen LogP contribution < -0.4 is 4.74 Å². The van der Waals surface area contributed by atoms with Gasteiger partial charge in [0, 0.05) is 6.42 Å². The van der Waals surface area contributed by atoms with Gasteiger partial charge in [0.15, 0.2) is 0 Å². The fourth-order valence-corrected chi connectivity index (χ4v) is 3.03. The van der Waals surface area contributed by atoms with Crippen LogP contribution in [0.1, 0.15) is 19.3 Å². The van der Waals surface area contributed by atoms with Crippen LogP contribution in [0.5, 0.6) is 5.75 Å². The Morgan fingerprint density at radius 1 is 0.426 bits per heavy atom. The predicted molar refractivity (Wildman–Crippen MR) is 145 cm³/mol. The molecule has 0 radical (unpaired) electrons. The molecule has 268 valence electrons. The first kappa shape index (κ1) is 41.7. The Hall–Kier alpha value is -3.33. The third-order valence-electron chi connectivity index (χ3n) is 5.35. The highest BCUT2D eigenvalue weighted by Crippen LogP contribution is 2.29. The smallest absolute Gasteiger partial charge is 0.372 e. The Morgan fingerprint density at radius 2 is 0.766 bits per heavy atom. The van der Waals surface area contributed by atoms with E-state index in [4.69, 9.17) is 43.0 Å². The number of benzene rings is 1. The number of carboxylic acid groups (broad SMARTS) is 1. The molecule has 0 amide bonds. The minimum absolute atomic E-state index is 0.0276. The van der Waals surface area contributed by atoms with E-state index in [1.807, 2.05) is 0 Å². The van der Waals surface area contributed by atoms with E-state index in [-0.39, 0.29) is 59.3 Å². The van der Waals surface area contributed by atoms with Gasteiger partial charge in [0.05, 0.1) is 105 Å². The normalized spacial score (nSPS) is 11.1. The third-order valence-corrected chi connectivity index (χ3v) is 5.35. The highest BCUT2D eigenvalue weighted by molar-refractivity contribution is 6.32. The molecule has 19 heteroatoms. The second-order valence-corrected chi connectivity index (χ2v) is 8.86. The Labute approximate surface area is 266 Å². The van der Waals surface area contributed by atoms with E-state index in [9.17, 15) is 41.1 Å². The molecule has 0 atom stereocenters. The predicted octanol–water partition coefficient (Wildman–Crippen LogP) is 1.77. The van der Waals surface area contributed by atoms with Crippen LogP contribution in [-0.2, 0) is 57.1 Å². The third kappa shape index (κ3) is 19.2. The number of carbonyl (C=O) groups is 4. The van der Waals surface area contributed by atoms with Crippen molar-refractivity contribution in [3.8, 4) is 5.75 Å². The zero-order valence-corrected chi connectivity index (χ0v) is 25.4. The van der Waals surface area contributed by atoms with Crippen molar-refractivity contribution in [2.75, 3.05) is 99.1 Å². The van der Waals surface area contributed by atoms with Crippen molar-refractivity contribution >= 4 is 23.7 Å². The first-order valence-corrected chi connectivity index (χ1v) is 14.2. The number of Topliss-reactive ketones (excluding diaryl/α,β-unsaturated/α-hetero) is 1. The van der Waals surface area contributed by atoms with Crippen LogP contribution in [-0.4, -0.2) is 128 Å². The van der Waals surface area contributed by atoms with E-state index in [1.165, 1.54) is 0 Å². The molecule has 1 N–H and O–H groups in total. The van der Waals surface area contributed by atoms with Crippen molar-refractivity contribution in [2.45, 2.75) is 19.3 Å². The van der Waals surface area contributed by atoms with Crippen molar-refractivity contribution < 1.29 is 88.9 Å². The van der Waals surface area contributed by atoms with Crippen molar-refractivity contribution in [1.29, 1.82) is 0 Å². The van der Waals surface area contributed by atoms with Crippen LogP contribution in [0.25, 0.3) is 0 Å². The lowest BCUT2D eigenvalue weighted by molar-refractivity contribution is -0.151. The molecule has 0 heterocycles. The lowest BCUT2D eigenvalue weighted by Gasteiger charge is -2.09. The van der Waals surface area contributed by atoms with Gasteiger partial charge in [-0.25, -0.2) is 18.0 Å². The Kier molecular flexibility index (Phi) is 22.8. The first-order valence-electron chi connectivity index (χ1n) is 14.2. The number of hydrogen-bond acceptors (Lipinski definition) is 13. The van der Waals surface area contributed by atoms with Gasteiger partial charge in [-0.15, -0.1) is 0 Å². The highest BCUT2D eigenvalue weighted by Gasteiger charge is 2.28. The van der Waals surface area contributed by atoms with E-state index in [0.717, 1.165) is 0 Å². The van der Waals surface area contributed by atoms with Crippen molar-refractivity contribution in [3.05, 3.63) is 29.1 Å². The summed E-state index contributed by atoms with van der Waals surface area (Å²) in [5.41, 5.74) is 0. The molecule has 0 saturated carbocycles. The Morgan fingerprint density at radius 3 is 1.15 bits per heavy atom. The van der Waals surface area contributed by atoms with Crippen molar-refractivity contribution in [3.63, 3.8) is 0 Å². The number of esters is 2. The number of ether oxygens (including phenoxy) is 9. The minimum Gasteiger partial charge on any atom is -0.476 e.